The molecule has 0 atom stereocenters. The van der Waals surface area contributed by atoms with Gasteiger partial charge in [0, 0.05) is 25.5 Å². The van der Waals surface area contributed by atoms with E-state index in [2.05, 4.69) is 4.98 Å². The van der Waals surface area contributed by atoms with Crippen LogP contribution >= 0.6 is 0 Å². The van der Waals surface area contributed by atoms with Gasteiger partial charge in [-0.1, -0.05) is 6.07 Å². The number of amides is 1. The molecule has 0 spiro atoms. The molecule has 0 bridgehead atoms. The highest BCUT2D eigenvalue weighted by molar-refractivity contribution is 5.78. The predicted octanol–water partition coefficient (Wildman–Crippen LogP) is 0.853. The molecule has 0 aromatic carbocycles. The van der Waals surface area contributed by atoms with Crippen molar-refractivity contribution in [3.8, 4) is 0 Å². The van der Waals surface area contributed by atoms with Crippen molar-refractivity contribution in [1.29, 1.82) is 0 Å². The Kier molecular flexibility index (Phi) is 4.01. The first-order valence-corrected chi connectivity index (χ1v) is 5.25. The Morgan fingerprint density at radius 1 is 1.50 bits per heavy atom. The SMILES string of the molecule is CN(CC(C)(C)O)C(=O)Cc1ccccn1. The van der Waals surface area contributed by atoms with Gasteiger partial charge in [0.1, 0.15) is 0 Å². The van der Waals surface area contributed by atoms with E-state index in [1.54, 1.807) is 27.1 Å². The summed E-state index contributed by atoms with van der Waals surface area (Å²) >= 11 is 0. The zero-order chi connectivity index (χ0) is 12.2. The highest BCUT2D eigenvalue weighted by Crippen LogP contribution is 2.05. The maximum absolute atomic E-state index is 11.8. The third kappa shape index (κ3) is 4.40. The lowest BCUT2D eigenvalue weighted by Crippen LogP contribution is -2.40. The molecule has 0 radical (unpaired) electrons. The monoisotopic (exact) mass is 222 g/mol. The number of carbonyl (C=O) groups is 1. The van der Waals surface area contributed by atoms with Gasteiger partial charge in [0.2, 0.25) is 5.91 Å². The Hall–Kier alpha value is -1.42. The molecule has 0 fully saturated rings. The largest absolute Gasteiger partial charge is 0.389 e. The molecule has 1 N–H and O–H groups in total. The lowest BCUT2D eigenvalue weighted by atomic mass is 10.1. The zero-order valence-electron chi connectivity index (χ0n) is 9.97. The molecule has 1 amide bonds. The van der Waals surface area contributed by atoms with Crippen molar-refractivity contribution < 1.29 is 9.90 Å². The van der Waals surface area contributed by atoms with Gasteiger partial charge >= 0.3 is 0 Å². The Morgan fingerprint density at radius 3 is 2.69 bits per heavy atom. The molecular formula is C12H18N2O2. The highest BCUT2D eigenvalue weighted by atomic mass is 16.3. The van der Waals surface area contributed by atoms with Gasteiger partial charge in [0.25, 0.3) is 0 Å². The second-order valence-corrected chi connectivity index (χ2v) is 4.56. The summed E-state index contributed by atoms with van der Waals surface area (Å²) in [7, 11) is 1.68. The first-order valence-electron chi connectivity index (χ1n) is 5.25. The van der Waals surface area contributed by atoms with Crippen molar-refractivity contribution in [3.05, 3.63) is 30.1 Å². The van der Waals surface area contributed by atoms with Crippen LogP contribution in [0.1, 0.15) is 19.5 Å². The van der Waals surface area contributed by atoms with Gasteiger partial charge in [-0.2, -0.15) is 0 Å². The summed E-state index contributed by atoms with van der Waals surface area (Å²) in [4.78, 5) is 17.4. The number of rotatable bonds is 4. The van der Waals surface area contributed by atoms with E-state index >= 15 is 0 Å². The molecule has 0 saturated carbocycles. The van der Waals surface area contributed by atoms with E-state index in [1.807, 2.05) is 18.2 Å². The average molecular weight is 222 g/mol. The second-order valence-electron chi connectivity index (χ2n) is 4.56. The number of aromatic nitrogens is 1. The van der Waals surface area contributed by atoms with Crippen molar-refractivity contribution >= 4 is 5.91 Å². The fourth-order valence-electron chi connectivity index (χ4n) is 1.46. The standard InChI is InChI=1S/C12H18N2O2/c1-12(2,16)9-14(3)11(15)8-10-6-4-5-7-13-10/h4-7,16H,8-9H2,1-3H3. The predicted molar refractivity (Wildman–Crippen MR) is 61.9 cm³/mol. The summed E-state index contributed by atoms with van der Waals surface area (Å²) in [6, 6.07) is 5.48. The van der Waals surface area contributed by atoms with E-state index in [1.165, 1.54) is 4.90 Å². The number of likely N-dealkylation sites (N-methyl/N-ethyl adjacent to an activating group) is 1. The van der Waals surface area contributed by atoms with Gasteiger partial charge in [-0.05, 0) is 26.0 Å². The first kappa shape index (κ1) is 12.6. The number of aliphatic hydroxyl groups is 1. The van der Waals surface area contributed by atoms with E-state index in [0.29, 0.717) is 6.54 Å². The van der Waals surface area contributed by atoms with Crippen LogP contribution in [0.2, 0.25) is 0 Å². The van der Waals surface area contributed by atoms with Gasteiger partial charge in [-0.25, -0.2) is 0 Å². The van der Waals surface area contributed by atoms with Crippen LogP contribution in [0.3, 0.4) is 0 Å². The Labute approximate surface area is 95.9 Å². The maximum Gasteiger partial charge on any atom is 0.228 e. The number of hydrogen-bond donors (Lipinski definition) is 1. The summed E-state index contributed by atoms with van der Waals surface area (Å²) in [5.41, 5.74) is -0.121. The van der Waals surface area contributed by atoms with Crippen molar-refractivity contribution in [2.45, 2.75) is 25.9 Å². The molecule has 4 heteroatoms. The topological polar surface area (TPSA) is 53.4 Å². The Balaban J connectivity index is 2.53. The third-order valence-corrected chi connectivity index (χ3v) is 2.11. The van der Waals surface area contributed by atoms with E-state index < -0.39 is 5.60 Å². The summed E-state index contributed by atoms with van der Waals surface area (Å²) in [6.45, 7) is 3.67. The maximum atomic E-state index is 11.8. The van der Waals surface area contributed by atoms with E-state index in [4.69, 9.17) is 0 Å². The van der Waals surface area contributed by atoms with Gasteiger partial charge in [-0.3, -0.25) is 9.78 Å². The molecule has 0 aliphatic rings. The normalized spacial score (nSPS) is 11.2. The quantitative estimate of drug-likeness (QED) is 0.821. The number of pyridine rings is 1. The van der Waals surface area contributed by atoms with Gasteiger partial charge in [0.15, 0.2) is 0 Å². The minimum atomic E-state index is -0.867. The molecule has 4 nitrogen and oxygen atoms in total. The molecule has 0 aliphatic carbocycles. The van der Waals surface area contributed by atoms with Crippen molar-refractivity contribution in [2.75, 3.05) is 13.6 Å². The molecule has 0 unspecified atom stereocenters. The van der Waals surface area contributed by atoms with Crippen molar-refractivity contribution in [1.82, 2.24) is 9.88 Å². The molecular weight excluding hydrogens is 204 g/mol. The van der Waals surface area contributed by atoms with Crippen LogP contribution in [0.4, 0.5) is 0 Å². The summed E-state index contributed by atoms with van der Waals surface area (Å²) in [6.07, 6.45) is 1.94. The third-order valence-electron chi connectivity index (χ3n) is 2.11. The van der Waals surface area contributed by atoms with Crippen LogP contribution in [0.15, 0.2) is 24.4 Å². The van der Waals surface area contributed by atoms with E-state index in [-0.39, 0.29) is 12.3 Å². The molecule has 16 heavy (non-hydrogen) atoms. The fourth-order valence-corrected chi connectivity index (χ4v) is 1.46. The molecule has 1 heterocycles. The average Bonchev–Trinajstić information content (AvgIpc) is 2.16. The van der Waals surface area contributed by atoms with E-state index in [9.17, 15) is 9.90 Å². The van der Waals surface area contributed by atoms with Crippen molar-refractivity contribution in [3.63, 3.8) is 0 Å². The molecule has 1 aromatic heterocycles. The zero-order valence-corrected chi connectivity index (χ0v) is 9.97. The summed E-state index contributed by atoms with van der Waals surface area (Å²) < 4.78 is 0. The fraction of sp³-hybridized carbons (Fsp3) is 0.500. The first-order chi connectivity index (χ1) is 7.38. The van der Waals surface area contributed by atoms with E-state index in [0.717, 1.165) is 5.69 Å². The molecule has 0 aliphatic heterocycles. The number of carbonyl (C=O) groups excluding carboxylic acids is 1. The minimum Gasteiger partial charge on any atom is -0.389 e. The molecule has 1 rings (SSSR count). The molecule has 88 valence electrons. The number of nitrogens with zero attached hydrogens (tertiary/aromatic N) is 2. The summed E-state index contributed by atoms with van der Waals surface area (Å²) in [5, 5.41) is 9.59. The lowest BCUT2D eigenvalue weighted by molar-refractivity contribution is -0.131. The smallest absolute Gasteiger partial charge is 0.228 e. The van der Waals surface area contributed by atoms with Crippen LogP contribution in [-0.2, 0) is 11.2 Å². The van der Waals surface area contributed by atoms with Gasteiger partial charge in [-0.15, -0.1) is 0 Å². The van der Waals surface area contributed by atoms with Crippen LogP contribution in [0.5, 0.6) is 0 Å². The minimum absolute atomic E-state index is 0.0409. The Morgan fingerprint density at radius 2 is 2.19 bits per heavy atom. The molecule has 0 saturated heterocycles. The van der Waals surface area contributed by atoms with Crippen LogP contribution in [-0.4, -0.2) is 40.1 Å². The lowest BCUT2D eigenvalue weighted by Gasteiger charge is -2.25. The Bertz CT molecular complexity index is 344. The van der Waals surface area contributed by atoms with Crippen LogP contribution in [0.25, 0.3) is 0 Å². The summed E-state index contributed by atoms with van der Waals surface area (Å²) in [5.74, 6) is -0.0409. The van der Waals surface area contributed by atoms with Crippen LogP contribution < -0.4 is 0 Å². The van der Waals surface area contributed by atoms with Crippen LogP contribution in [0, 0.1) is 0 Å². The van der Waals surface area contributed by atoms with Gasteiger partial charge < -0.3 is 10.0 Å². The number of hydrogen-bond acceptors (Lipinski definition) is 3. The van der Waals surface area contributed by atoms with Crippen molar-refractivity contribution in [2.24, 2.45) is 0 Å². The van der Waals surface area contributed by atoms with Gasteiger partial charge in [0.05, 0.1) is 12.0 Å². The highest BCUT2D eigenvalue weighted by Gasteiger charge is 2.19. The second kappa shape index (κ2) is 5.07. The molecule has 1 aromatic rings.